The fourth-order valence-corrected chi connectivity index (χ4v) is 2.65. The Morgan fingerprint density at radius 2 is 1.84 bits per heavy atom. The van der Waals surface area contributed by atoms with Crippen molar-refractivity contribution in [3.8, 4) is 5.75 Å². The van der Waals surface area contributed by atoms with Crippen molar-refractivity contribution in [3.05, 3.63) is 57.1 Å². The molecule has 19 heavy (non-hydrogen) atoms. The van der Waals surface area contributed by atoms with Crippen molar-refractivity contribution in [3.63, 3.8) is 0 Å². The van der Waals surface area contributed by atoms with E-state index in [4.69, 9.17) is 0 Å². The van der Waals surface area contributed by atoms with E-state index >= 15 is 0 Å². The molecule has 0 fully saturated rings. The second-order valence-corrected chi connectivity index (χ2v) is 5.71. The average Bonchev–Trinajstić information content (AvgIpc) is 2.37. The van der Waals surface area contributed by atoms with Crippen LogP contribution in [-0.2, 0) is 6.54 Å². The van der Waals surface area contributed by atoms with Gasteiger partial charge in [-0.25, -0.2) is 0 Å². The van der Waals surface area contributed by atoms with Gasteiger partial charge in [0.05, 0.1) is 0 Å². The van der Waals surface area contributed by atoms with Crippen molar-refractivity contribution in [2.24, 2.45) is 0 Å². The summed E-state index contributed by atoms with van der Waals surface area (Å²) in [5, 5.41) is 13.3. The molecule has 2 aromatic rings. The standard InChI is InChI=1S/C16H18BrNO/c1-10-4-6-13(14(17)8-10)9-18-15-7-5-11(2)16(19)12(15)3/h4-8,18-19H,9H2,1-3H3. The van der Waals surface area contributed by atoms with Crippen molar-refractivity contribution in [2.75, 3.05) is 5.32 Å². The van der Waals surface area contributed by atoms with Gasteiger partial charge in [0.1, 0.15) is 5.75 Å². The Kier molecular flexibility index (Phi) is 4.15. The van der Waals surface area contributed by atoms with Gasteiger partial charge in [-0.3, -0.25) is 0 Å². The van der Waals surface area contributed by atoms with E-state index in [1.807, 2.05) is 26.0 Å². The molecule has 2 rings (SSSR count). The summed E-state index contributed by atoms with van der Waals surface area (Å²) in [5.41, 5.74) is 5.20. The quantitative estimate of drug-likeness (QED) is 0.860. The van der Waals surface area contributed by atoms with Gasteiger partial charge >= 0.3 is 0 Å². The number of phenols is 1. The third-order valence-corrected chi connectivity index (χ3v) is 4.05. The van der Waals surface area contributed by atoms with Crippen LogP contribution in [0.1, 0.15) is 22.3 Å². The van der Waals surface area contributed by atoms with Crippen LogP contribution in [0.25, 0.3) is 0 Å². The van der Waals surface area contributed by atoms with E-state index in [9.17, 15) is 5.11 Å². The van der Waals surface area contributed by atoms with Crippen molar-refractivity contribution in [1.82, 2.24) is 0 Å². The van der Waals surface area contributed by atoms with Gasteiger partial charge in [0, 0.05) is 22.3 Å². The number of rotatable bonds is 3. The summed E-state index contributed by atoms with van der Waals surface area (Å²) in [6.45, 7) is 6.63. The molecule has 100 valence electrons. The predicted molar refractivity (Wildman–Crippen MR) is 83.8 cm³/mol. The predicted octanol–water partition coefficient (Wildman–Crippen LogP) is 4.69. The lowest BCUT2D eigenvalue weighted by Gasteiger charge is -2.13. The van der Waals surface area contributed by atoms with Crippen molar-refractivity contribution in [2.45, 2.75) is 27.3 Å². The van der Waals surface area contributed by atoms with Crippen molar-refractivity contribution >= 4 is 21.6 Å². The zero-order valence-electron chi connectivity index (χ0n) is 11.4. The van der Waals surface area contributed by atoms with Crippen LogP contribution >= 0.6 is 15.9 Å². The minimum Gasteiger partial charge on any atom is -0.507 e. The molecule has 0 aromatic heterocycles. The molecule has 0 aliphatic heterocycles. The topological polar surface area (TPSA) is 32.3 Å². The molecule has 0 heterocycles. The van der Waals surface area contributed by atoms with Gasteiger partial charge < -0.3 is 10.4 Å². The van der Waals surface area contributed by atoms with Crippen LogP contribution in [-0.4, -0.2) is 5.11 Å². The van der Waals surface area contributed by atoms with Gasteiger partial charge in [-0.2, -0.15) is 0 Å². The van der Waals surface area contributed by atoms with Gasteiger partial charge in [0.2, 0.25) is 0 Å². The van der Waals surface area contributed by atoms with E-state index in [1.54, 1.807) is 0 Å². The van der Waals surface area contributed by atoms with E-state index in [-0.39, 0.29) is 0 Å². The summed E-state index contributed by atoms with van der Waals surface area (Å²) < 4.78 is 1.11. The molecular formula is C16H18BrNO. The Morgan fingerprint density at radius 3 is 2.53 bits per heavy atom. The molecule has 0 aliphatic rings. The molecule has 2 nitrogen and oxygen atoms in total. The highest BCUT2D eigenvalue weighted by atomic mass is 79.9. The van der Waals surface area contributed by atoms with Gasteiger partial charge in [-0.1, -0.05) is 34.1 Å². The molecule has 0 aliphatic carbocycles. The first-order chi connectivity index (χ1) is 8.99. The average molecular weight is 320 g/mol. The lowest BCUT2D eigenvalue weighted by atomic mass is 10.1. The maximum atomic E-state index is 9.93. The lowest BCUT2D eigenvalue weighted by molar-refractivity contribution is 0.467. The van der Waals surface area contributed by atoms with E-state index in [1.165, 1.54) is 11.1 Å². The van der Waals surface area contributed by atoms with Crippen LogP contribution in [0.2, 0.25) is 0 Å². The largest absolute Gasteiger partial charge is 0.507 e. The fraction of sp³-hybridized carbons (Fsp3) is 0.250. The molecule has 0 radical (unpaired) electrons. The summed E-state index contributed by atoms with van der Waals surface area (Å²) in [5.74, 6) is 0.368. The number of hydrogen-bond acceptors (Lipinski definition) is 2. The molecule has 3 heteroatoms. The van der Waals surface area contributed by atoms with Gasteiger partial charge in [0.25, 0.3) is 0 Å². The van der Waals surface area contributed by atoms with E-state index in [2.05, 4.69) is 46.4 Å². The highest BCUT2D eigenvalue weighted by molar-refractivity contribution is 9.10. The summed E-state index contributed by atoms with van der Waals surface area (Å²) in [6.07, 6.45) is 0. The van der Waals surface area contributed by atoms with Crippen LogP contribution in [0, 0.1) is 20.8 Å². The first kappa shape index (κ1) is 13.9. The Labute approximate surface area is 122 Å². The molecular weight excluding hydrogens is 302 g/mol. The maximum absolute atomic E-state index is 9.93. The summed E-state index contributed by atoms with van der Waals surface area (Å²) in [4.78, 5) is 0. The molecule has 0 atom stereocenters. The number of benzene rings is 2. The van der Waals surface area contributed by atoms with Gasteiger partial charge in [-0.05, 0) is 49.6 Å². The second kappa shape index (κ2) is 5.66. The van der Waals surface area contributed by atoms with E-state index in [0.29, 0.717) is 5.75 Å². The molecule has 2 aromatic carbocycles. The third kappa shape index (κ3) is 3.10. The Bertz CT molecular complexity index is 608. The molecule has 0 amide bonds. The minimum atomic E-state index is 0.368. The minimum absolute atomic E-state index is 0.368. The molecule has 0 bridgehead atoms. The normalized spacial score (nSPS) is 10.5. The van der Waals surface area contributed by atoms with Crippen molar-refractivity contribution in [1.29, 1.82) is 0 Å². The summed E-state index contributed by atoms with van der Waals surface area (Å²) in [7, 11) is 0. The summed E-state index contributed by atoms with van der Waals surface area (Å²) >= 11 is 3.58. The number of aromatic hydroxyl groups is 1. The summed E-state index contributed by atoms with van der Waals surface area (Å²) in [6, 6.07) is 10.2. The maximum Gasteiger partial charge on any atom is 0.123 e. The fourth-order valence-electron chi connectivity index (χ4n) is 2.01. The first-order valence-corrected chi connectivity index (χ1v) is 7.06. The van der Waals surface area contributed by atoms with Crippen LogP contribution in [0.3, 0.4) is 0 Å². The Morgan fingerprint density at radius 1 is 1.11 bits per heavy atom. The number of phenolic OH excluding ortho intramolecular Hbond substituents is 1. The zero-order chi connectivity index (χ0) is 14.0. The molecule has 2 N–H and O–H groups in total. The Hall–Kier alpha value is -1.48. The van der Waals surface area contributed by atoms with Gasteiger partial charge in [0.15, 0.2) is 0 Å². The van der Waals surface area contributed by atoms with E-state index in [0.717, 1.165) is 27.8 Å². The molecule has 0 saturated heterocycles. The zero-order valence-corrected chi connectivity index (χ0v) is 13.0. The van der Waals surface area contributed by atoms with Gasteiger partial charge in [-0.15, -0.1) is 0 Å². The smallest absolute Gasteiger partial charge is 0.123 e. The van der Waals surface area contributed by atoms with Crippen LogP contribution < -0.4 is 5.32 Å². The number of anilines is 1. The van der Waals surface area contributed by atoms with Crippen LogP contribution in [0.5, 0.6) is 5.75 Å². The monoisotopic (exact) mass is 319 g/mol. The van der Waals surface area contributed by atoms with Crippen LogP contribution in [0.4, 0.5) is 5.69 Å². The molecule has 0 unspecified atom stereocenters. The SMILES string of the molecule is Cc1ccc(CNc2ccc(C)c(O)c2C)c(Br)c1. The molecule has 0 spiro atoms. The Balaban J connectivity index is 2.17. The number of aryl methyl sites for hydroxylation is 2. The lowest BCUT2D eigenvalue weighted by Crippen LogP contribution is -2.02. The van der Waals surface area contributed by atoms with Crippen molar-refractivity contribution < 1.29 is 5.11 Å². The third-order valence-electron chi connectivity index (χ3n) is 3.31. The number of hydrogen-bond donors (Lipinski definition) is 2. The molecule has 0 saturated carbocycles. The number of halogens is 1. The first-order valence-electron chi connectivity index (χ1n) is 6.27. The highest BCUT2D eigenvalue weighted by Crippen LogP contribution is 2.29. The second-order valence-electron chi connectivity index (χ2n) is 4.85. The highest BCUT2D eigenvalue weighted by Gasteiger charge is 2.06. The van der Waals surface area contributed by atoms with Crippen LogP contribution in [0.15, 0.2) is 34.8 Å². The number of nitrogens with one attached hydrogen (secondary N) is 1. The van der Waals surface area contributed by atoms with E-state index < -0.39 is 0 Å².